The van der Waals surface area contributed by atoms with Gasteiger partial charge in [0.05, 0.1) is 12.9 Å². The second kappa shape index (κ2) is 4.17. The number of hydrogen-bond donors (Lipinski definition) is 4. The molecule has 0 saturated heterocycles. The average molecular weight is 239 g/mol. The number of H-pyrrole nitrogens is 1. The van der Waals surface area contributed by atoms with Crippen molar-refractivity contribution in [2.45, 2.75) is 12.8 Å². The first-order chi connectivity index (χ1) is 8.08. The summed E-state index contributed by atoms with van der Waals surface area (Å²) in [5.74, 6) is -1.76. The fourth-order valence-electron chi connectivity index (χ4n) is 1.55. The highest BCUT2D eigenvalue weighted by molar-refractivity contribution is 6.02. The van der Waals surface area contributed by atoms with Gasteiger partial charge in [-0.3, -0.25) is 4.79 Å². The number of aromatic carboxylic acids is 1. The molecule has 92 valence electrons. The lowest BCUT2D eigenvalue weighted by Gasteiger charge is -2.11. The van der Waals surface area contributed by atoms with Crippen LogP contribution < -0.4 is 5.32 Å². The number of aromatic amines is 1. The molecule has 0 unspecified atom stereocenters. The topological polar surface area (TPSA) is 115 Å². The molecule has 1 aliphatic carbocycles. The summed E-state index contributed by atoms with van der Waals surface area (Å²) >= 11 is 0. The largest absolute Gasteiger partial charge is 0.477 e. The highest BCUT2D eigenvalue weighted by atomic mass is 16.4. The zero-order valence-corrected chi connectivity index (χ0v) is 9.06. The van der Waals surface area contributed by atoms with E-state index >= 15 is 0 Å². The van der Waals surface area contributed by atoms with Gasteiger partial charge in [0.15, 0.2) is 11.4 Å². The van der Waals surface area contributed by atoms with Crippen LogP contribution in [0.25, 0.3) is 0 Å². The van der Waals surface area contributed by atoms with E-state index < -0.39 is 11.9 Å². The van der Waals surface area contributed by atoms with Gasteiger partial charge in [-0.1, -0.05) is 0 Å². The number of aliphatic hydroxyl groups is 1. The van der Waals surface area contributed by atoms with Gasteiger partial charge in [0.1, 0.15) is 0 Å². The van der Waals surface area contributed by atoms with Crippen LogP contribution in [0.2, 0.25) is 0 Å². The first-order valence-corrected chi connectivity index (χ1v) is 5.24. The van der Waals surface area contributed by atoms with E-state index in [1.165, 1.54) is 0 Å². The van der Waals surface area contributed by atoms with Gasteiger partial charge < -0.3 is 20.5 Å². The summed E-state index contributed by atoms with van der Waals surface area (Å²) in [6, 6.07) is 0. The maximum atomic E-state index is 11.7. The molecule has 2 rings (SSSR count). The Morgan fingerprint density at radius 2 is 2.24 bits per heavy atom. The van der Waals surface area contributed by atoms with Crippen LogP contribution in [0.1, 0.15) is 33.8 Å². The summed E-state index contributed by atoms with van der Waals surface area (Å²) in [5, 5.41) is 20.5. The number of amides is 1. The highest BCUT2D eigenvalue weighted by Crippen LogP contribution is 2.44. The molecule has 0 spiro atoms. The Bertz CT molecular complexity index is 450. The van der Waals surface area contributed by atoms with Crippen molar-refractivity contribution in [3.05, 3.63) is 17.7 Å². The molecular weight excluding hydrogens is 226 g/mol. The van der Waals surface area contributed by atoms with Crippen LogP contribution >= 0.6 is 0 Å². The number of carbonyl (C=O) groups is 2. The molecule has 0 aliphatic heterocycles. The van der Waals surface area contributed by atoms with Crippen molar-refractivity contribution in [2.24, 2.45) is 5.41 Å². The summed E-state index contributed by atoms with van der Waals surface area (Å²) < 4.78 is 0. The van der Waals surface area contributed by atoms with Gasteiger partial charge in [0, 0.05) is 12.0 Å². The number of carboxylic acid groups (broad SMARTS) is 1. The van der Waals surface area contributed by atoms with Gasteiger partial charge in [-0.2, -0.15) is 0 Å². The third kappa shape index (κ3) is 2.28. The van der Waals surface area contributed by atoms with Crippen LogP contribution in [0, 0.1) is 5.41 Å². The van der Waals surface area contributed by atoms with Crippen molar-refractivity contribution in [3.8, 4) is 0 Å². The maximum Gasteiger partial charge on any atom is 0.354 e. The lowest BCUT2D eigenvalue weighted by molar-refractivity contribution is 0.0684. The van der Waals surface area contributed by atoms with Gasteiger partial charge in [0.25, 0.3) is 5.91 Å². The minimum absolute atomic E-state index is 0.0274. The molecule has 0 radical (unpaired) electrons. The Morgan fingerprint density at radius 3 is 2.76 bits per heavy atom. The van der Waals surface area contributed by atoms with Gasteiger partial charge in [-0.25, -0.2) is 9.78 Å². The fourth-order valence-corrected chi connectivity index (χ4v) is 1.55. The van der Waals surface area contributed by atoms with Crippen molar-refractivity contribution >= 4 is 11.9 Å². The van der Waals surface area contributed by atoms with E-state index in [0.717, 1.165) is 19.2 Å². The summed E-state index contributed by atoms with van der Waals surface area (Å²) in [5.41, 5.74) is -0.572. The lowest BCUT2D eigenvalue weighted by atomic mass is 10.1. The summed E-state index contributed by atoms with van der Waals surface area (Å²) in [6.07, 6.45) is 2.91. The van der Waals surface area contributed by atoms with Crippen LogP contribution in [-0.2, 0) is 0 Å². The minimum Gasteiger partial charge on any atom is -0.477 e. The molecule has 1 amide bonds. The monoisotopic (exact) mass is 239 g/mol. The van der Waals surface area contributed by atoms with Crippen LogP contribution in [0.4, 0.5) is 0 Å². The molecule has 1 fully saturated rings. The maximum absolute atomic E-state index is 11.7. The van der Waals surface area contributed by atoms with Crippen LogP contribution in [0.3, 0.4) is 0 Å². The molecule has 17 heavy (non-hydrogen) atoms. The molecular formula is C10H13N3O4. The first-order valence-electron chi connectivity index (χ1n) is 5.24. The highest BCUT2D eigenvalue weighted by Gasteiger charge is 2.42. The fraction of sp³-hybridized carbons (Fsp3) is 0.500. The predicted molar refractivity (Wildman–Crippen MR) is 56.6 cm³/mol. The van der Waals surface area contributed by atoms with E-state index in [1.807, 2.05) is 0 Å². The average Bonchev–Trinajstić information content (AvgIpc) is 2.91. The quantitative estimate of drug-likeness (QED) is 0.558. The smallest absolute Gasteiger partial charge is 0.354 e. The number of aliphatic hydroxyl groups excluding tert-OH is 1. The number of carbonyl (C=O) groups excluding carboxylic acids is 1. The summed E-state index contributed by atoms with van der Waals surface area (Å²) in [4.78, 5) is 28.5. The number of nitrogens with one attached hydrogen (secondary N) is 2. The molecule has 7 heteroatoms. The predicted octanol–water partition coefficient (Wildman–Crippen LogP) is -0.390. The van der Waals surface area contributed by atoms with Crippen molar-refractivity contribution in [1.82, 2.24) is 15.3 Å². The second-order valence-electron chi connectivity index (χ2n) is 4.27. The Labute approximate surface area is 96.9 Å². The van der Waals surface area contributed by atoms with Crippen molar-refractivity contribution in [1.29, 1.82) is 0 Å². The summed E-state index contributed by atoms with van der Waals surface area (Å²) in [7, 11) is 0. The van der Waals surface area contributed by atoms with E-state index in [2.05, 4.69) is 15.3 Å². The van der Waals surface area contributed by atoms with Crippen LogP contribution in [0.15, 0.2) is 6.33 Å². The molecule has 0 aromatic carbocycles. The standard InChI is InChI=1S/C10H13N3O4/c14-4-10(1-2-10)3-11-8(15)6-7(9(16)17)13-5-12-6/h5,14H,1-4H2,(H,11,15)(H,12,13)(H,16,17). The van der Waals surface area contributed by atoms with E-state index in [-0.39, 0.29) is 23.4 Å². The Kier molecular flexibility index (Phi) is 2.84. The Hall–Kier alpha value is -1.89. The second-order valence-corrected chi connectivity index (χ2v) is 4.27. The van der Waals surface area contributed by atoms with Crippen molar-refractivity contribution in [3.63, 3.8) is 0 Å². The van der Waals surface area contributed by atoms with E-state index in [4.69, 9.17) is 10.2 Å². The number of nitrogens with zero attached hydrogens (tertiary/aromatic N) is 1. The molecule has 0 atom stereocenters. The molecule has 4 N–H and O–H groups in total. The first kappa shape index (κ1) is 11.6. The van der Waals surface area contributed by atoms with E-state index in [9.17, 15) is 9.59 Å². The van der Waals surface area contributed by atoms with Gasteiger partial charge in [-0.15, -0.1) is 0 Å². The molecule has 1 aromatic rings. The number of carboxylic acids is 1. The van der Waals surface area contributed by atoms with Crippen LogP contribution in [0.5, 0.6) is 0 Å². The molecule has 1 aromatic heterocycles. The van der Waals surface area contributed by atoms with Gasteiger partial charge in [-0.05, 0) is 12.8 Å². The molecule has 1 heterocycles. The van der Waals surface area contributed by atoms with Gasteiger partial charge in [0.2, 0.25) is 0 Å². The van der Waals surface area contributed by atoms with Crippen LogP contribution in [-0.4, -0.2) is 45.2 Å². The molecule has 1 aliphatic rings. The zero-order valence-electron chi connectivity index (χ0n) is 9.06. The number of imidazole rings is 1. The van der Waals surface area contributed by atoms with E-state index in [1.54, 1.807) is 0 Å². The number of aromatic nitrogens is 2. The number of rotatable bonds is 5. The third-order valence-electron chi connectivity index (χ3n) is 2.98. The van der Waals surface area contributed by atoms with Crippen molar-refractivity contribution < 1.29 is 19.8 Å². The Balaban J connectivity index is 2.00. The molecule has 0 bridgehead atoms. The SMILES string of the molecule is O=C(NCC1(CO)CC1)c1nc[nH]c1C(=O)O. The molecule has 7 nitrogen and oxygen atoms in total. The summed E-state index contributed by atoms with van der Waals surface area (Å²) in [6.45, 7) is 0.369. The van der Waals surface area contributed by atoms with Gasteiger partial charge >= 0.3 is 5.97 Å². The number of hydrogen-bond acceptors (Lipinski definition) is 4. The third-order valence-corrected chi connectivity index (χ3v) is 2.98. The van der Waals surface area contributed by atoms with Crippen molar-refractivity contribution in [2.75, 3.05) is 13.2 Å². The lowest BCUT2D eigenvalue weighted by Crippen LogP contribution is -2.32. The Morgan fingerprint density at radius 1 is 1.53 bits per heavy atom. The normalized spacial score (nSPS) is 16.5. The zero-order chi connectivity index (χ0) is 12.5. The van der Waals surface area contributed by atoms with E-state index in [0.29, 0.717) is 6.54 Å². The molecule has 1 saturated carbocycles. The minimum atomic E-state index is -1.23.